The minimum atomic E-state index is -0.302. The van der Waals surface area contributed by atoms with E-state index in [9.17, 15) is 5.11 Å². The van der Waals surface area contributed by atoms with Crippen molar-refractivity contribution >= 4 is 0 Å². The third-order valence-electron chi connectivity index (χ3n) is 6.11. The molecule has 0 radical (unpaired) electrons. The van der Waals surface area contributed by atoms with Crippen LogP contribution in [0.5, 0.6) is 0 Å². The normalized spacial score (nSPS) is 54.8. The van der Waals surface area contributed by atoms with Crippen LogP contribution in [-0.2, 0) is 0 Å². The summed E-state index contributed by atoms with van der Waals surface area (Å²) >= 11 is 0. The van der Waals surface area contributed by atoms with Crippen LogP contribution in [0.15, 0.2) is 0 Å². The lowest BCUT2D eigenvalue weighted by Crippen LogP contribution is -2.56. The van der Waals surface area contributed by atoms with Crippen LogP contribution in [0.4, 0.5) is 0 Å². The summed E-state index contributed by atoms with van der Waals surface area (Å²) in [6.45, 7) is 7.21. The first kappa shape index (κ1) is 11.1. The zero-order valence-electron chi connectivity index (χ0n) is 11.1. The zero-order valence-corrected chi connectivity index (χ0v) is 11.1. The van der Waals surface area contributed by atoms with Gasteiger partial charge >= 0.3 is 0 Å². The molecular weight excluding hydrogens is 196 g/mol. The van der Waals surface area contributed by atoms with Gasteiger partial charge in [-0.25, -0.2) is 0 Å². The van der Waals surface area contributed by atoms with Gasteiger partial charge in [-0.3, -0.25) is 0 Å². The van der Waals surface area contributed by atoms with Gasteiger partial charge in [-0.1, -0.05) is 27.2 Å². The van der Waals surface area contributed by atoms with Gasteiger partial charge in [0.05, 0.1) is 5.60 Å². The van der Waals surface area contributed by atoms with E-state index in [1.807, 2.05) is 0 Å². The van der Waals surface area contributed by atoms with Crippen LogP contribution in [0, 0.1) is 22.7 Å². The van der Waals surface area contributed by atoms with Gasteiger partial charge in [-0.2, -0.15) is 0 Å². The Morgan fingerprint density at radius 2 is 1.75 bits per heavy atom. The maximum Gasteiger partial charge on any atom is 0.0684 e. The monoisotopic (exact) mass is 222 g/mol. The first-order valence-corrected chi connectivity index (χ1v) is 7.07. The van der Waals surface area contributed by atoms with Crippen LogP contribution < -0.4 is 0 Å². The van der Waals surface area contributed by atoms with E-state index in [1.54, 1.807) is 0 Å². The average molecular weight is 222 g/mol. The summed E-state index contributed by atoms with van der Waals surface area (Å²) < 4.78 is 0. The zero-order chi connectivity index (χ0) is 11.6. The molecule has 1 heteroatoms. The van der Waals surface area contributed by atoms with Crippen molar-refractivity contribution in [2.75, 3.05) is 0 Å². The number of rotatable bonds is 0. The van der Waals surface area contributed by atoms with Gasteiger partial charge in [0.15, 0.2) is 0 Å². The number of aliphatic hydroxyl groups is 1. The molecule has 1 nitrogen and oxygen atoms in total. The summed E-state index contributed by atoms with van der Waals surface area (Å²) in [6, 6.07) is 0. The Labute approximate surface area is 99.6 Å². The average Bonchev–Trinajstić information content (AvgIpc) is 2.19. The molecule has 3 rings (SSSR count). The number of hydrogen-bond donors (Lipinski definition) is 1. The highest BCUT2D eigenvalue weighted by atomic mass is 16.3. The molecule has 0 aromatic rings. The molecule has 3 aliphatic carbocycles. The minimum Gasteiger partial charge on any atom is -0.390 e. The Morgan fingerprint density at radius 3 is 2.44 bits per heavy atom. The van der Waals surface area contributed by atoms with Gasteiger partial charge in [0.25, 0.3) is 0 Å². The molecule has 2 unspecified atom stereocenters. The second kappa shape index (κ2) is 3.04. The van der Waals surface area contributed by atoms with E-state index in [4.69, 9.17) is 0 Å². The Morgan fingerprint density at radius 1 is 1.00 bits per heavy atom. The molecule has 0 amide bonds. The first-order valence-electron chi connectivity index (χ1n) is 7.07. The van der Waals surface area contributed by atoms with Crippen molar-refractivity contribution in [1.82, 2.24) is 0 Å². The number of fused-ring (bicyclic) bond motifs is 4. The van der Waals surface area contributed by atoms with Crippen molar-refractivity contribution in [1.29, 1.82) is 0 Å². The molecule has 16 heavy (non-hydrogen) atoms. The Bertz CT molecular complexity index is 309. The van der Waals surface area contributed by atoms with Gasteiger partial charge in [-0.15, -0.1) is 0 Å². The van der Waals surface area contributed by atoms with Crippen molar-refractivity contribution in [2.24, 2.45) is 22.7 Å². The molecule has 0 aromatic heterocycles. The highest BCUT2D eigenvalue weighted by molar-refractivity contribution is 5.10. The summed E-state index contributed by atoms with van der Waals surface area (Å²) in [7, 11) is 0. The SMILES string of the molecule is CC1(C)CC2C1CC[C@@]1(C)CCC[C@]2(O)C1. The summed E-state index contributed by atoms with van der Waals surface area (Å²) in [4.78, 5) is 0. The predicted octanol–water partition coefficient (Wildman–Crippen LogP) is 3.75. The maximum absolute atomic E-state index is 11.0. The largest absolute Gasteiger partial charge is 0.390 e. The van der Waals surface area contributed by atoms with Crippen LogP contribution in [-0.4, -0.2) is 10.7 Å². The fourth-order valence-corrected chi connectivity index (χ4v) is 5.17. The first-order chi connectivity index (χ1) is 7.35. The van der Waals surface area contributed by atoms with Gasteiger partial charge in [0.1, 0.15) is 0 Å². The lowest BCUT2D eigenvalue weighted by molar-refractivity contribution is -0.161. The molecule has 2 bridgehead atoms. The molecule has 0 aliphatic heterocycles. The standard InChI is InChI=1S/C15H26O/c1-13(2)9-12-11(13)5-8-14(3)6-4-7-15(12,16)10-14/h11-12,16H,4-10H2,1-3H3/t11?,12?,14-,15+/m1/s1. The Kier molecular flexibility index (Phi) is 2.11. The third kappa shape index (κ3) is 1.40. The van der Waals surface area contributed by atoms with Gasteiger partial charge in [0.2, 0.25) is 0 Å². The molecule has 3 fully saturated rings. The molecule has 1 N–H and O–H groups in total. The van der Waals surface area contributed by atoms with Gasteiger partial charge in [0, 0.05) is 0 Å². The lowest BCUT2D eigenvalue weighted by atomic mass is 9.49. The topological polar surface area (TPSA) is 20.2 Å². The van der Waals surface area contributed by atoms with E-state index in [2.05, 4.69) is 20.8 Å². The Hall–Kier alpha value is -0.0400. The molecule has 0 saturated heterocycles. The molecule has 4 atom stereocenters. The smallest absolute Gasteiger partial charge is 0.0684 e. The van der Waals surface area contributed by atoms with Crippen molar-refractivity contribution in [2.45, 2.75) is 71.3 Å². The predicted molar refractivity (Wildman–Crippen MR) is 66.1 cm³/mol. The minimum absolute atomic E-state index is 0.302. The summed E-state index contributed by atoms with van der Waals surface area (Å²) in [5.41, 5.74) is 0.637. The molecular formula is C15H26O. The molecule has 3 aliphatic rings. The second-order valence-corrected chi connectivity index (χ2v) is 7.89. The summed E-state index contributed by atoms with van der Waals surface area (Å²) in [5.74, 6) is 1.40. The van der Waals surface area contributed by atoms with Gasteiger partial charge < -0.3 is 5.11 Å². The second-order valence-electron chi connectivity index (χ2n) is 7.89. The molecule has 92 valence electrons. The van der Waals surface area contributed by atoms with E-state index in [1.165, 1.54) is 32.1 Å². The van der Waals surface area contributed by atoms with E-state index in [-0.39, 0.29) is 5.60 Å². The highest BCUT2D eigenvalue weighted by Crippen LogP contribution is 2.64. The maximum atomic E-state index is 11.0. The van der Waals surface area contributed by atoms with E-state index in [0.717, 1.165) is 18.8 Å². The van der Waals surface area contributed by atoms with Crippen molar-refractivity contribution < 1.29 is 5.11 Å². The van der Waals surface area contributed by atoms with Crippen LogP contribution >= 0.6 is 0 Å². The van der Waals surface area contributed by atoms with Crippen LogP contribution in [0.3, 0.4) is 0 Å². The third-order valence-corrected chi connectivity index (χ3v) is 6.11. The fourth-order valence-electron chi connectivity index (χ4n) is 5.17. The quantitative estimate of drug-likeness (QED) is 0.662. The summed E-state index contributed by atoms with van der Waals surface area (Å²) in [5, 5.41) is 11.0. The fraction of sp³-hybridized carbons (Fsp3) is 1.00. The van der Waals surface area contributed by atoms with Crippen LogP contribution in [0.1, 0.15) is 65.7 Å². The Balaban J connectivity index is 1.92. The number of hydrogen-bond acceptors (Lipinski definition) is 1. The van der Waals surface area contributed by atoms with Crippen molar-refractivity contribution in [3.8, 4) is 0 Å². The van der Waals surface area contributed by atoms with Crippen molar-refractivity contribution in [3.05, 3.63) is 0 Å². The molecule has 0 heterocycles. The molecule has 0 aromatic carbocycles. The molecule has 0 spiro atoms. The van der Waals surface area contributed by atoms with Crippen molar-refractivity contribution in [3.63, 3.8) is 0 Å². The van der Waals surface area contributed by atoms with Crippen LogP contribution in [0.25, 0.3) is 0 Å². The van der Waals surface area contributed by atoms with E-state index >= 15 is 0 Å². The highest BCUT2D eigenvalue weighted by Gasteiger charge is 2.59. The van der Waals surface area contributed by atoms with Crippen LogP contribution in [0.2, 0.25) is 0 Å². The van der Waals surface area contributed by atoms with Gasteiger partial charge in [-0.05, 0) is 61.2 Å². The summed E-state index contributed by atoms with van der Waals surface area (Å²) in [6.07, 6.45) is 8.70. The molecule has 3 saturated carbocycles. The van der Waals surface area contributed by atoms with E-state index < -0.39 is 0 Å². The van der Waals surface area contributed by atoms with E-state index in [0.29, 0.717) is 16.7 Å². The lowest BCUT2D eigenvalue weighted by Gasteiger charge is -2.58.